The molecule has 0 aliphatic heterocycles. The normalized spacial score (nSPS) is 13.5. The molecule has 1 unspecified atom stereocenters. The molecular weight excluding hydrogens is 314 g/mol. The Morgan fingerprint density at radius 1 is 1.40 bits per heavy atom. The molecule has 0 aromatic carbocycles. The molecule has 0 fully saturated rings. The molecule has 2 N–H and O–H groups in total. The van der Waals surface area contributed by atoms with Gasteiger partial charge in [0.15, 0.2) is 0 Å². The van der Waals surface area contributed by atoms with Crippen LogP contribution in [-0.2, 0) is 16.4 Å². The van der Waals surface area contributed by atoms with Crippen LogP contribution in [0.4, 0.5) is 0 Å². The molecule has 0 amide bonds. The Morgan fingerprint density at radius 2 is 2.20 bits per heavy atom. The van der Waals surface area contributed by atoms with E-state index in [-0.39, 0.29) is 6.04 Å². The standard InChI is InChI=1S/C12H17N3O2S3/c1-9(12-14-7-8-18-12)15-20(16,17)11-4-3-10(19-11)5-6-13-2/h3-4,7-9,13,15H,5-6H2,1-2H3. The topological polar surface area (TPSA) is 71.1 Å². The van der Waals surface area contributed by atoms with Crippen LogP contribution < -0.4 is 10.0 Å². The molecule has 110 valence electrons. The second-order valence-electron chi connectivity index (χ2n) is 4.29. The molecule has 0 aliphatic rings. The van der Waals surface area contributed by atoms with Crippen molar-refractivity contribution in [1.29, 1.82) is 0 Å². The minimum atomic E-state index is -3.47. The molecule has 20 heavy (non-hydrogen) atoms. The molecule has 0 spiro atoms. The third-order valence-electron chi connectivity index (χ3n) is 2.68. The first-order chi connectivity index (χ1) is 9.53. The minimum Gasteiger partial charge on any atom is -0.319 e. The fourth-order valence-corrected chi connectivity index (χ4v) is 4.97. The summed E-state index contributed by atoms with van der Waals surface area (Å²) in [5.41, 5.74) is 0. The molecule has 2 aromatic heterocycles. The maximum Gasteiger partial charge on any atom is 0.250 e. The third kappa shape index (κ3) is 3.86. The average Bonchev–Trinajstić information content (AvgIpc) is 3.07. The predicted octanol–water partition coefficient (Wildman–Crippen LogP) is 2.01. The zero-order chi connectivity index (χ0) is 14.6. The molecule has 0 bridgehead atoms. The van der Waals surface area contributed by atoms with E-state index >= 15 is 0 Å². The van der Waals surface area contributed by atoms with Crippen LogP contribution in [0.2, 0.25) is 0 Å². The van der Waals surface area contributed by atoms with Crippen LogP contribution >= 0.6 is 22.7 Å². The van der Waals surface area contributed by atoms with E-state index in [9.17, 15) is 8.42 Å². The number of rotatable bonds is 7. The summed E-state index contributed by atoms with van der Waals surface area (Å²) < 4.78 is 27.6. The number of thiazole rings is 1. The Hall–Kier alpha value is -0.800. The van der Waals surface area contributed by atoms with Gasteiger partial charge in [-0.15, -0.1) is 22.7 Å². The Labute approximate surface area is 127 Å². The number of nitrogens with one attached hydrogen (secondary N) is 2. The molecule has 0 radical (unpaired) electrons. The third-order valence-corrected chi connectivity index (χ3v) is 6.81. The Bertz CT molecular complexity index is 635. The monoisotopic (exact) mass is 331 g/mol. The van der Waals surface area contributed by atoms with Gasteiger partial charge < -0.3 is 5.32 Å². The van der Waals surface area contributed by atoms with Crippen LogP contribution in [0.25, 0.3) is 0 Å². The van der Waals surface area contributed by atoms with Gasteiger partial charge in [-0.25, -0.2) is 18.1 Å². The zero-order valence-electron chi connectivity index (χ0n) is 11.3. The van der Waals surface area contributed by atoms with Gasteiger partial charge in [0, 0.05) is 16.5 Å². The van der Waals surface area contributed by atoms with Gasteiger partial charge in [-0.2, -0.15) is 0 Å². The fourth-order valence-electron chi connectivity index (χ4n) is 1.67. The minimum absolute atomic E-state index is 0.317. The number of hydrogen-bond donors (Lipinski definition) is 2. The van der Waals surface area contributed by atoms with E-state index in [0.717, 1.165) is 22.9 Å². The molecule has 0 saturated heterocycles. The molecular formula is C12H17N3O2S3. The van der Waals surface area contributed by atoms with E-state index in [1.807, 2.05) is 18.5 Å². The smallest absolute Gasteiger partial charge is 0.250 e. The molecule has 8 heteroatoms. The van der Waals surface area contributed by atoms with Gasteiger partial charge in [0.1, 0.15) is 9.22 Å². The number of thiophene rings is 1. The van der Waals surface area contributed by atoms with Crippen LogP contribution in [0, 0.1) is 0 Å². The maximum absolute atomic E-state index is 12.3. The van der Waals surface area contributed by atoms with E-state index < -0.39 is 10.0 Å². The first-order valence-electron chi connectivity index (χ1n) is 6.18. The van der Waals surface area contributed by atoms with Gasteiger partial charge in [0.05, 0.1) is 6.04 Å². The van der Waals surface area contributed by atoms with Crippen molar-refractivity contribution >= 4 is 32.7 Å². The molecule has 5 nitrogen and oxygen atoms in total. The maximum atomic E-state index is 12.3. The summed E-state index contributed by atoms with van der Waals surface area (Å²) in [5.74, 6) is 0. The van der Waals surface area contributed by atoms with Crippen LogP contribution in [-0.4, -0.2) is 27.0 Å². The lowest BCUT2D eigenvalue weighted by Crippen LogP contribution is -2.26. The van der Waals surface area contributed by atoms with Crippen LogP contribution in [0.15, 0.2) is 27.9 Å². The highest BCUT2D eigenvalue weighted by molar-refractivity contribution is 7.91. The summed E-state index contributed by atoms with van der Waals surface area (Å²) in [6, 6.07) is 3.21. The second-order valence-corrected chi connectivity index (χ2v) is 8.32. The summed E-state index contributed by atoms with van der Waals surface area (Å²) in [6.45, 7) is 2.63. The van der Waals surface area contributed by atoms with Crippen molar-refractivity contribution in [1.82, 2.24) is 15.0 Å². The number of likely N-dealkylation sites (N-methyl/N-ethyl adjacent to an activating group) is 1. The van der Waals surface area contributed by atoms with Gasteiger partial charge in [-0.3, -0.25) is 0 Å². The summed E-state index contributed by atoms with van der Waals surface area (Å²) in [7, 11) is -1.60. The highest BCUT2D eigenvalue weighted by Gasteiger charge is 2.21. The van der Waals surface area contributed by atoms with Crippen LogP contribution in [0.1, 0.15) is 22.9 Å². The Balaban J connectivity index is 2.08. The lowest BCUT2D eigenvalue weighted by atomic mass is 10.3. The molecule has 2 rings (SSSR count). The fraction of sp³-hybridized carbons (Fsp3) is 0.417. The number of sulfonamides is 1. The van der Waals surface area contributed by atoms with Gasteiger partial charge in [-0.1, -0.05) is 0 Å². The number of aromatic nitrogens is 1. The summed E-state index contributed by atoms with van der Waals surface area (Å²) in [5, 5.41) is 5.65. The lowest BCUT2D eigenvalue weighted by molar-refractivity contribution is 0.568. The largest absolute Gasteiger partial charge is 0.319 e. The molecule has 1 atom stereocenters. The Morgan fingerprint density at radius 3 is 2.85 bits per heavy atom. The second kappa shape index (κ2) is 6.77. The highest BCUT2D eigenvalue weighted by atomic mass is 32.2. The van der Waals surface area contributed by atoms with Gasteiger partial charge in [0.2, 0.25) is 0 Å². The van der Waals surface area contributed by atoms with Crippen LogP contribution in [0.5, 0.6) is 0 Å². The van der Waals surface area contributed by atoms with Crippen molar-refractivity contribution < 1.29 is 8.42 Å². The van der Waals surface area contributed by atoms with Crippen molar-refractivity contribution in [2.24, 2.45) is 0 Å². The summed E-state index contributed by atoms with van der Waals surface area (Å²) in [6.07, 6.45) is 2.50. The number of hydrogen-bond acceptors (Lipinski definition) is 6. The van der Waals surface area contributed by atoms with Gasteiger partial charge in [0.25, 0.3) is 10.0 Å². The van der Waals surface area contributed by atoms with Crippen molar-refractivity contribution in [2.45, 2.75) is 23.6 Å². The van der Waals surface area contributed by atoms with Crippen molar-refractivity contribution in [3.8, 4) is 0 Å². The van der Waals surface area contributed by atoms with Crippen molar-refractivity contribution in [3.63, 3.8) is 0 Å². The average molecular weight is 331 g/mol. The molecule has 2 heterocycles. The number of nitrogens with zero attached hydrogens (tertiary/aromatic N) is 1. The quantitative estimate of drug-likeness (QED) is 0.814. The predicted molar refractivity (Wildman–Crippen MR) is 82.8 cm³/mol. The lowest BCUT2D eigenvalue weighted by Gasteiger charge is -2.10. The van der Waals surface area contributed by atoms with E-state index in [2.05, 4.69) is 15.0 Å². The van der Waals surface area contributed by atoms with E-state index in [4.69, 9.17) is 0 Å². The summed E-state index contributed by atoms with van der Waals surface area (Å²) in [4.78, 5) is 5.18. The molecule has 0 aliphatic carbocycles. The van der Waals surface area contributed by atoms with Gasteiger partial charge >= 0.3 is 0 Å². The Kier molecular flexibility index (Phi) is 5.28. The summed E-state index contributed by atoms with van der Waals surface area (Å²) >= 11 is 2.75. The first-order valence-corrected chi connectivity index (χ1v) is 9.36. The first kappa shape index (κ1) is 15.6. The molecule has 2 aromatic rings. The van der Waals surface area contributed by atoms with Crippen molar-refractivity contribution in [3.05, 3.63) is 33.6 Å². The SMILES string of the molecule is CNCCc1ccc(S(=O)(=O)NC(C)c2nccs2)s1. The van der Waals surface area contributed by atoms with E-state index in [1.54, 1.807) is 19.2 Å². The van der Waals surface area contributed by atoms with Crippen LogP contribution in [0.3, 0.4) is 0 Å². The van der Waals surface area contributed by atoms with E-state index in [0.29, 0.717) is 4.21 Å². The molecule has 0 saturated carbocycles. The van der Waals surface area contributed by atoms with Crippen molar-refractivity contribution in [2.75, 3.05) is 13.6 Å². The van der Waals surface area contributed by atoms with Gasteiger partial charge in [-0.05, 0) is 39.1 Å². The highest BCUT2D eigenvalue weighted by Crippen LogP contribution is 2.24. The zero-order valence-corrected chi connectivity index (χ0v) is 13.7. The van der Waals surface area contributed by atoms with E-state index in [1.165, 1.54) is 22.7 Å².